The molecule has 1 aliphatic rings. The molecule has 9 aromatic rings. The Kier molecular flexibility index (Phi) is 6.06. The normalized spacial score (nSPS) is 13.3. The first-order valence-electron chi connectivity index (χ1n) is 17.0. The molecular formula is C46H33NOSi. The lowest BCUT2D eigenvalue weighted by atomic mass is 10.0. The summed E-state index contributed by atoms with van der Waals surface area (Å²) in [7, 11) is -2.03. The zero-order chi connectivity index (χ0) is 32.7. The Labute approximate surface area is 286 Å². The van der Waals surface area contributed by atoms with Crippen molar-refractivity contribution in [3.63, 3.8) is 0 Å². The van der Waals surface area contributed by atoms with Gasteiger partial charge in [0.15, 0.2) is 0 Å². The van der Waals surface area contributed by atoms with Gasteiger partial charge in [0.2, 0.25) is 0 Å². The first kappa shape index (κ1) is 28.1. The van der Waals surface area contributed by atoms with E-state index in [9.17, 15) is 0 Å². The second-order valence-electron chi connectivity index (χ2n) is 13.8. The van der Waals surface area contributed by atoms with Crippen LogP contribution in [0.4, 0.5) is 17.1 Å². The summed E-state index contributed by atoms with van der Waals surface area (Å²) in [6, 6.07) is 59.9. The number of rotatable bonds is 4. The molecule has 0 unspecified atom stereocenters. The van der Waals surface area contributed by atoms with E-state index >= 15 is 0 Å². The summed E-state index contributed by atoms with van der Waals surface area (Å²) >= 11 is 0. The van der Waals surface area contributed by atoms with Crippen LogP contribution in [-0.4, -0.2) is 8.07 Å². The third-order valence-corrected chi connectivity index (χ3v) is 14.1. The second-order valence-corrected chi connectivity index (χ2v) is 18.1. The van der Waals surface area contributed by atoms with E-state index in [0.29, 0.717) is 0 Å². The molecule has 1 aromatic heterocycles. The van der Waals surface area contributed by atoms with Gasteiger partial charge in [-0.2, -0.15) is 0 Å². The molecule has 1 aliphatic heterocycles. The molecule has 2 heterocycles. The van der Waals surface area contributed by atoms with Crippen molar-refractivity contribution in [1.29, 1.82) is 0 Å². The minimum absolute atomic E-state index is 0.949. The van der Waals surface area contributed by atoms with Gasteiger partial charge in [0.25, 0.3) is 0 Å². The van der Waals surface area contributed by atoms with E-state index < -0.39 is 8.07 Å². The van der Waals surface area contributed by atoms with Crippen molar-refractivity contribution >= 4 is 79.0 Å². The molecule has 0 aliphatic carbocycles. The van der Waals surface area contributed by atoms with E-state index in [1.165, 1.54) is 70.6 Å². The van der Waals surface area contributed by atoms with Gasteiger partial charge in [-0.05, 0) is 97.1 Å². The SMILES string of the molecule is C[Si]1(C)c2cc(N(c3ccc(-c4ccc5ccccc5c4)cc3)c3ccc4ccccc4c3)ccc2-c2c1ccc1c2oc2ccccc21. The van der Waals surface area contributed by atoms with Gasteiger partial charge in [0.1, 0.15) is 19.2 Å². The van der Waals surface area contributed by atoms with Crippen molar-refractivity contribution in [2.75, 3.05) is 4.90 Å². The highest BCUT2D eigenvalue weighted by Crippen LogP contribution is 2.42. The Hall–Kier alpha value is -5.90. The molecular weight excluding hydrogens is 611 g/mol. The second kappa shape index (κ2) is 10.5. The van der Waals surface area contributed by atoms with Crippen LogP contribution in [0.25, 0.3) is 65.7 Å². The number of fused-ring (bicyclic) bond motifs is 9. The molecule has 0 saturated heterocycles. The lowest BCUT2D eigenvalue weighted by Crippen LogP contribution is -2.49. The summed E-state index contributed by atoms with van der Waals surface area (Å²) in [5.74, 6) is 0. The first-order chi connectivity index (χ1) is 24.0. The number of anilines is 3. The number of furan rings is 1. The van der Waals surface area contributed by atoms with Crippen LogP contribution in [-0.2, 0) is 0 Å². The predicted molar refractivity (Wildman–Crippen MR) is 211 cm³/mol. The fraction of sp³-hybridized carbons (Fsp3) is 0.0435. The number of para-hydroxylation sites is 1. The van der Waals surface area contributed by atoms with Crippen LogP contribution in [0.5, 0.6) is 0 Å². The topological polar surface area (TPSA) is 16.4 Å². The van der Waals surface area contributed by atoms with Crippen LogP contribution in [0.15, 0.2) is 168 Å². The first-order valence-corrected chi connectivity index (χ1v) is 20.0. The van der Waals surface area contributed by atoms with Crippen LogP contribution in [0.1, 0.15) is 0 Å². The maximum atomic E-state index is 6.59. The monoisotopic (exact) mass is 643 g/mol. The molecule has 2 nitrogen and oxygen atoms in total. The van der Waals surface area contributed by atoms with Crippen LogP contribution in [0.2, 0.25) is 13.1 Å². The standard InChI is InChI=1S/C46H33NOSi/c1-49(2)43-26-25-40-39-13-7-8-14-42(39)48-46(40)45(43)41-24-23-38(29-44(41)49)47(37-22-19-31-10-4-6-12-34(31)28-37)36-20-17-32(18-21-36)35-16-15-30-9-3-5-11-33(30)27-35/h3-29H,1-2H3. The molecule has 0 atom stereocenters. The summed E-state index contributed by atoms with van der Waals surface area (Å²) < 4.78 is 6.59. The highest BCUT2D eigenvalue weighted by atomic mass is 28.3. The fourth-order valence-electron chi connectivity index (χ4n) is 8.06. The minimum atomic E-state index is -2.03. The Morgan fingerprint density at radius 2 is 1.06 bits per heavy atom. The largest absolute Gasteiger partial charge is 0.455 e. The Balaban J connectivity index is 1.13. The van der Waals surface area contributed by atoms with Crippen molar-refractivity contribution < 1.29 is 4.42 Å². The number of hydrogen-bond donors (Lipinski definition) is 0. The van der Waals surface area contributed by atoms with Crippen molar-refractivity contribution in [1.82, 2.24) is 0 Å². The van der Waals surface area contributed by atoms with Gasteiger partial charge >= 0.3 is 0 Å². The molecule has 0 N–H and O–H groups in total. The molecule has 0 amide bonds. The predicted octanol–water partition coefficient (Wildman–Crippen LogP) is 11.8. The molecule has 0 saturated carbocycles. The summed E-state index contributed by atoms with van der Waals surface area (Å²) in [4.78, 5) is 2.42. The van der Waals surface area contributed by atoms with Crippen LogP contribution in [0.3, 0.4) is 0 Å². The van der Waals surface area contributed by atoms with E-state index in [1.54, 1.807) is 0 Å². The van der Waals surface area contributed by atoms with Gasteiger partial charge in [0, 0.05) is 33.4 Å². The van der Waals surface area contributed by atoms with E-state index in [1.807, 2.05) is 0 Å². The molecule has 0 fully saturated rings. The maximum absolute atomic E-state index is 6.59. The average molecular weight is 644 g/mol. The van der Waals surface area contributed by atoms with Gasteiger partial charge in [0.05, 0.1) is 0 Å². The van der Waals surface area contributed by atoms with Gasteiger partial charge in [-0.15, -0.1) is 0 Å². The molecule has 10 rings (SSSR count). The lowest BCUT2D eigenvalue weighted by molar-refractivity contribution is 0.670. The summed E-state index contributed by atoms with van der Waals surface area (Å²) in [5, 5.41) is 10.3. The number of hydrogen-bond acceptors (Lipinski definition) is 2. The van der Waals surface area contributed by atoms with Crippen molar-refractivity contribution in [2.24, 2.45) is 0 Å². The zero-order valence-corrected chi connectivity index (χ0v) is 28.4. The average Bonchev–Trinajstić information content (AvgIpc) is 3.64. The molecule has 0 bridgehead atoms. The van der Waals surface area contributed by atoms with Crippen molar-refractivity contribution in [2.45, 2.75) is 13.1 Å². The van der Waals surface area contributed by atoms with Crippen LogP contribution >= 0.6 is 0 Å². The lowest BCUT2D eigenvalue weighted by Gasteiger charge is -2.28. The van der Waals surface area contributed by atoms with Gasteiger partial charge in [-0.25, -0.2) is 0 Å². The Morgan fingerprint density at radius 1 is 0.449 bits per heavy atom. The summed E-state index contributed by atoms with van der Waals surface area (Å²) in [6.45, 7) is 4.96. The third kappa shape index (κ3) is 4.32. The van der Waals surface area contributed by atoms with E-state index in [4.69, 9.17) is 4.42 Å². The Morgan fingerprint density at radius 3 is 1.86 bits per heavy atom. The number of nitrogens with zero attached hydrogens (tertiary/aromatic N) is 1. The van der Waals surface area contributed by atoms with E-state index in [2.05, 4.69) is 182 Å². The van der Waals surface area contributed by atoms with Crippen LogP contribution in [0, 0.1) is 0 Å². The quantitative estimate of drug-likeness (QED) is 0.177. The number of benzene rings is 8. The van der Waals surface area contributed by atoms with Crippen molar-refractivity contribution in [3.8, 4) is 22.3 Å². The molecule has 232 valence electrons. The maximum Gasteiger partial charge on any atom is 0.143 e. The smallest absolute Gasteiger partial charge is 0.143 e. The Bertz CT molecular complexity index is 2760. The van der Waals surface area contributed by atoms with Crippen LogP contribution < -0.4 is 15.3 Å². The van der Waals surface area contributed by atoms with Crippen molar-refractivity contribution in [3.05, 3.63) is 164 Å². The summed E-state index contributed by atoms with van der Waals surface area (Å²) in [6.07, 6.45) is 0. The molecule has 0 spiro atoms. The molecule has 8 aromatic carbocycles. The van der Waals surface area contributed by atoms with E-state index in [-0.39, 0.29) is 0 Å². The molecule has 0 radical (unpaired) electrons. The highest BCUT2D eigenvalue weighted by molar-refractivity contribution is 7.04. The van der Waals surface area contributed by atoms with Gasteiger partial charge < -0.3 is 9.32 Å². The molecule has 3 heteroatoms. The minimum Gasteiger partial charge on any atom is -0.455 e. The third-order valence-electron chi connectivity index (χ3n) is 10.6. The zero-order valence-electron chi connectivity index (χ0n) is 27.4. The summed E-state index contributed by atoms with van der Waals surface area (Å²) in [5.41, 5.74) is 10.4. The fourth-order valence-corrected chi connectivity index (χ4v) is 11.1. The van der Waals surface area contributed by atoms with Gasteiger partial charge in [-0.3, -0.25) is 0 Å². The van der Waals surface area contributed by atoms with E-state index in [0.717, 1.165) is 22.5 Å². The molecule has 49 heavy (non-hydrogen) atoms. The highest BCUT2D eigenvalue weighted by Gasteiger charge is 2.40. The van der Waals surface area contributed by atoms with Gasteiger partial charge in [-0.1, -0.05) is 128 Å².